The van der Waals surface area contributed by atoms with Gasteiger partial charge in [0.1, 0.15) is 5.75 Å². The molecule has 0 spiro atoms. The van der Waals surface area contributed by atoms with Crippen LogP contribution in [0.4, 0.5) is 11.4 Å². The third-order valence-corrected chi connectivity index (χ3v) is 4.05. The summed E-state index contributed by atoms with van der Waals surface area (Å²) in [7, 11) is 0. The summed E-state index contributed by atoms with van der Waals surface area (Å²) in [5.41, 5.74) is 2.04. The van der Waals surface area contributed by atoms with Crippen molar-refractivity contribution < 1.29 is 14.3 Å². The van der Waals surface area contributed by atoms with E-state index in [2.05, 4.69) is 22.9 Å². The van der Waals surface area contributed by atoms with Gasteiger partial charge < -0.3 is 20.7 Å². The van der Waals surface area contributed by atoms with Crippen molar-refractivity contribution in [1.29, 1.82) is 0 Å². The van der Waals surface area contributed by atoms with Crippen LogP contribution in [0.5, 0.6) is 5.75 Å². The zero-order valence-electron chi connectivity index (χ0n) is 16.9. The minimum atomic E-state index is -0.165. The Morgan fingerprint density at radius 3 is 2.36 bits per heavy atom. The second-order valence-electron chi connectivity index (χ2n) is 6.97. The van der Waals surface area contributed by atoms with Crippen molar-refractivity contribution in [3.05, 3.63) is 54.1 Å². The highest BCUT2D eigenvalue weighted by atomic mass is 16.5. The highest BCUT2D eigenvalue weighted by molar-refractivity contribution is 5.95. The van der Waals surface area contributed by atoms with Gasteiger partial charge in [-0.25, -0.2) is 0 Å². The standard InChI is InChI=1S/C22H29N3O3/c1-5-16(4)28-20-8-6-7-19(13-20)25-21(26)14-23-18-11-9-17(10-12-18)22(27)24-15(2)3/h6-13,15-16,23H,5,14H2,1-4H3,(H,24,27)(H,25,26). The average molecular weight is 383 g/mol. The first-order chi connectivity index (χ1) is 13.4. The predicted molar refractivity (Wildman–Crippen MR) is 113 cm³/mol. The first kappa shape index (κ1) is 21.3. The van der Waals surface area contributed by atoms with Crippen molar-refractivity contribution in [2.75, 3.05) is 17.2 Å². The number of hydrogen-bond donors (Lipinski definition) is 3. The van der Waals surface area contributed by atoms with Crippen molar-refractivity contribution >= 4 is 23.2 Å². The maximum absolute atomic E-state index is 12.2. The molecule has 0 aliphatic rings. The molecule has 0 saturated heterocycles. The zero-order valence-corrected chi connectivity index (χ0v) is 16.9. The van der Waals surface area contributed by atoms with E-state index in [0.29, 0.717) is 11.3 Å². The van der Waals surface area contributed by atoms with Gasteiger partial charge in [-0.2, -0.15) is 0 Å². The first-order valence-corrected chi connectivity index (χ1v) is 9.58. The van der Waals surface area contributed by atoms with Crippen LogP contribution in [0.25, 0.3) is 0 Å². The van der Waals surface area contributed by atoms with Gasteiger partial charge in [0, 0.05) is 29.0 Å². The Hall–Kier alpha value is -3.02. The van der Waals surface area contributed by atoms with E-state index in [1.54, 1.807) is 24.3 Å². The van der Waals surface area contributed by atoms with Crippen LogP contribution in [0.15, 0.2) is 48.5 Å². The third-order valence-electron chi connectivity index (χ3n) is 4.05. The fourth-order valence-electron chi connectivity index (χ4n) is 2.44. The van der Waals surface area contributed by atoms with Gasteiger partial charge in [-0.1, -0.05) is 13.0 Å². The highest BCUT2D eigenvalue weighted by Gasteiger charge is 2.08. The zero-order chi connectivity index (χ0) is 20.5. The minimum Gasteiger partial charge on any atom is -0.491 e. The summed E-state index contributed by atoms with van der Waals surface area (Å²) < 4.78 is 5.77. The Labute approximate surface area is 166 Å². The fraction of sp³-hybridized carbons (Fsp3) is 0.364. The molecule has 0 radical (unpaired) electrons. The number of carbonyl (C=O) groups is 2. The Morgan fingerprint density at radius 2 is 1.71 bits per heavy atom. The lowest BCUT2D eigenvalue weighted by molar-refractivity contribution is -0.114. The molecule has 1 unspecified atom stereocenters. The molecule has 1 atom stereocenters. The Morgan fingerprint density at radius 1 is 1.00 bits per heavy atom. The minimum absolute atomic E-state index is 0.0862. The fourth-order valence-corrected chi connectivity index (χ4v) is 2.44. The number of benzene rings is 2. The molecule has 0 aliphatic heterocycles. The summed E-state index contributed by atoms with van der Waals surface area (Å²) in [6.45, 7) is 8.02. The van der Waals surface area contributed by atoms with E-state index in [4.69, 9.17) is 4.74 Å². The van der Waals surface area contributed by atoms with E-state index in [9.17, 15) is 9.59 Å². The van der Waals surface area contributed by atoms with E-state index in [1.165, 1.54) is 0 Å². The molecule has 6 nitrogen and oxygen atoms in total. The molecule has 2 aromatic rings. The second kappa shape index (κ2) is 10.3. The summed E-state index contributed by atoms with van der Waals surface area (Å²) in [6.07, 6.45) is 1.04. The average Bonchev–Trinajstić information content (AvgIpc) is 2.66. The van der Waals surface area contributed by atoms with E-state index in [-0.39, 0.29) is 30.5 Å². The maximum Gasteiger partial charge on any atom is 0.251 e. The van der Waals surface area contributed by atoms with Crippen LogP contribution in [0.2, 0.25) is 0 Å². The molecule has 2 rings (SSSR count). The molecule has 28 heavy (non-hydrogen) atoms. The monoisotopic (exact) mass is 383 g/mol. The van der Waals surface area contributed by atoms with Gasteiger partial charge >= 0.3 is 0 Å². The summed E-state index contributed by atoms with van der Waals surface area (Å²) >= 11 is 0. The van der Waals surface area contributed by atoms with Gasteiger partial charge in [0.05, 0.1) is 12.6 Å². The summed E-state index contributed by atoms with van der Waals surface area (Å²) in [6, 6.07) is 14.5. The molecule has 2 amide bonds. The Kier molecular flexibility index (Phi) is 7.87. The van der Waals surface area contributed by atoms with Gasteiger partial charge in [-0.3, -0.25) is 9.59 Å². The van der Waals surface area contributed by atoms with Crippen molar-refractivity contribution in [2.24, 2.45) is 0 Å². The molecule has 0 bridgehead atoms. The third kappa shape index (κ3) is 6.95. The molecule has 6 heteroatoms. The number of rotatable bonds is 9. The van der Waals surface area contributed by atoms with Crippen molar-refractivity contribution in [2.45, 2.75) is 46.3 Å². The van der Waals surface area contributed by atoms with Crippen LogP contribution in [-0.2, 0) is 4.79 Å². The molecule has 3 N–H and O–H groups in total. The SMILES string of the molecule is CCC(C)Oc1cccc(NC(=O)CNc2ccc(C(=O)NC(C)C)cc2)c1. The lowest BCUT2D eigenvalue weighted by atomic mass is 10.2. The number of amides is 2. The van der Waals surface area contributed by atoms with E-state index in [0.717, 1.165) is 17.9 Å². The van der Waals surface area contributed by atoms with Gasteiger partial charge in [0.15, 0.2) is 0 Å². The topological polar surface area (TPSA) is 79.5 Å². The highest BCUT2D eigenvalue weighted by Crippen LogP contribution is 2.19. The molecule has 150 valence electrons. The number of nitrogens with one attached hydrogen (secondary N) is 3. The quantitative estimate of drug-likeness (QED) is 0.610. The van der Waals surface area contributed by atoms with Crippen LogP contribution >= 0.6 is 0 Å². The Balaban J connectivity index is 1.85. The molecular weight excluding hydrogens is 354 g/mol. The smallest absolute Gasteiger partial charge is 0.251 e. The molecular formula is C22H29N3O3. The van der Waals surface area contributed by atoms with E-state index >= 15 is 0 Å². The molecule has 0 saturated carbocycles. The summed E-state index contributed by atoms with van der Waals surface area (Å²) in [4.78, 5) is 24.1. The van der Waals surface area contributed by atoms with Gasteiger partial charge in [-0.15, -0.1) is 0 Å². The second-order valence-corrected chi connectivity index (χ2v) is 6.97. The van der Waals surface area contributed by atoms with Crippen LogP contribution in [0, 0.1) is 0 Å². The van der Waals surface area contributed by atoms with Crippen LogP contribution < -0.4 is 20.7 Å². The van der Waals surface area contributed by atoms with Gasteiger partial charge in [-0.05, 0) is 63.6 Å². The van der Waals surface area contributed by atoms with Crippen LogP contribution in [0.1, 0.15) is 44.5 Å². The van der Waals surface area contributed by atoms with Gasteiger partial charge in [0.2, 0.25) is 5.91 Å². The predicted octanol–water partition coefficient (Wildman–Crippen LogP) is 4.05. The van der Waals surface area contributed by atoms with Crippen LogP contribution in [-0.4, -0.2) is 30.5 Å². The lowest BCUT2D eigenvalue weighted by Gasteiger charge is -2.14. The first-order valence-electron chi connectivity index (χ1n) is 9.58. The molecule has 0 aliphatic carbocycles. The molecule has 2 aromatic carbocycles. The van der Waals surface area contributed by atoms with Crippen molar-refractivity contribution in [3.63, 3.8) is 0 Å². The summed E-state index contributed by atoms with van der Waals surface area (Å²) in [5, 5.41) is 8.74. The summed E-state index contributed by atoms with van der Waals surface area (Å²) in [5.74, 6) is 0.455. The van der Waals surface area contributed by atoms with E-state index in [1.807, 2.05) is 45.0 Å². The largest absolute Gasteiger partial charge is 0.491 e. The lowest BCUT2D eigenvalue weighted by Crippen LogP contribution is -2.30. The van der Waals surface area contributed by atoms with Crippen molar-refractivity contribution in [1.82, 2.24) is 5.32 Å². The molecule has 0 fully saturated rings. The number of hydrogen-bond acceptors (Lipinski definition) is 4. The Bertz CT molecular complexity index is 788. The maximum atomic E-state index is 12.2. The molecule has 0 heterocycles. The van der Waals surface area contributed by atoms with Crippen LogP contribution in [0.3, 0.4) is 0 Å². The number of anilines is 2. The normalized spacial score (nSPS) is 11.6. The van der Waals surface area contributed by atoms with Gasteiger partial charge in [0.25, 0.3) is 5.91 Å². The van der Waals surface area contributed by atoms with Crippen molar-refractivity contribution in [3.8, 4) is 5.75 Å². The number of ether oxygens (including phenoxy) is 1. The van der Waals surface area contributed by atoms with E-state index < -0.39 is 0 Å². The number of carbonyl (C=O) groups excluding carboxylic acids is 2. The molecule has 0 aromatic heterocycles.